The van der Waals surface area contributed by atoms with Gasteiger partial charge in [-0.25, -0.2) is 4.79 Å². The van der Waals surface area contributed by atoms with Crippen LogP contribution in [0, 0.1) is 6.92 Å². The molecule has 9 heteroatoms. The van der Waals surface area contributed by atoms with Crippen molar-refractivity contribution in [3.63, 3.8) is 0 Å². The fraction of sp³-hybridized carbons (Fsp3) is 0.385. The van der Waals surface area contributed by atoms with E-state index in [4.69, 9.17) is 10.8 Å². The normalized spacial score (nSPS) is 11.5. The van der Waals surface area contributed by atoms with E-state index in [0.29, 0.717) is 5.00 Å². The van der Waals surface area contributed by atoms with E-state index < -0.39 is 30.2 Å². The molecular formula is C13H17N3O5S. The average Bonchev–Trinajstić information content (AvgIpc) is 2.77. The summed E-state index contributed by atoms with van der Waals surface area (Å²) in [5, 5.41) is 14.1. The van der Waals surface area contributed by atoms with Crippen LogP contribution in [0.2, 0.25) is 0 Å². The molecule has 1 aromatic heterocycles. The van der Waals surface area contributed by atoms with E-state index >= 15 is 0 Å². The minimum atomic E-state index is -1.42. The number of thiophene rings is 1. The number of aryl methyl sites for hydroxylation is 1. The molecule has 1 atom stereocenters. The fourth-order valence-electron chi connectivity index (χ4n) is 1.63. The van der Waals surface area contributed by atoms with Gasteiger partial charge in [0.2, 0.25) is 11.8 Å². The lowest BCUT2D eigenvalue weighted by molar-refractivity contribution is -0.140. The molecule has 0 saturated carbocycles. The number of aliphatic carboxylic acids is 1. The Morgan fingerprint density at radius 1 is 1.36 bits per heavy atom. The number of hydrogen-bond donors (Lipinski definition) is 4. The Labute approximate surface area is 130 Å². The number of primary amides is 1. The molecule has 0 fully saturated rings. The molecule has 0 saturated heterocycles. The van der Waals surface area contributed by atoms with Crippen molar-refractivity contribution >= 4 is 40.0 Å². The van der Waals surface area contributed by atoms with Crippen LogP contribution in [-0.4, -0.2) is 34.8 Å². The lowest BCUT2D eigenvalue weighted by Crippen LogP contribution is -2.43. The van der Waals surface area contributed by atoms with Crippen LogP contribution in [-0.2, 0) is 14.4 Å². The van der Waals surface area contributed by atoms with Gasteiger partial charge in [-0.1, -0.05) is 6.92 Å². The average molecular weight is 327 g/mol. The van der Waals surface area contributed by atoms with Crippen molar-refractivity contribution < 1.29 is 24.3 Å². The zero-order chi connectivity index (χ0) is 16.9. The first-order valence-corrected chi connectivity index (χ1v) is 7.28. The van der Waals surface area contributed by atoms with Crippen LogP contribution >= 0.6 is 11.3 Å². The highest BCUT2D eigenvalue weighted by molar-refractivity contribution is 7.16. The van der Waals surface area contributed by atoms with Gasteiger partial charge in [-0.3, -0.25) is 14.4 Å². The lowest BCUT2D eigenvalue weighted by Gasteiger charge is -2.13. The van der Waals surface area contributed by atoms with E-state index in [1.807, 2.05) is 0 Å². The molecule has 0 spiro atoms. The third-order valence-electron chi connectivity index (χ3n) is 2.68. The molecule has 1 aromatic rings. The van der Waals surface area contributed by atoms with Crippen LogP contribution in [0.3, 0.4) is 0 Å². The molecule has 22 heavy (non-hydrogen) atoms. The highest BCUT2D eigenvalue weighted by Gasteiger charge is 2.25. The smallest absolute Gasteiger partial charge is 0.326 e. The van der Waals surface area contributed by atoms with Crippen molar-refractivity contribution in [2.75, 3.05) is 5.32 Å². The second-order valence-corrected chi connectivity index (χ2v) is 5.79. The standard InChI is InChI=1S/C13H17N3O5S/c1-3-10(18)16-12-7(4-6(2)22-12)11(19)15-8(13(20)21)5-9(14)17/h4,8H,3,5H2,1-2H3,(H2,14,17)(H,15,19)(H,16,18)(H,20,21). The summed E-state index contributed by atoms with van der Waals surface area (Å²) in [7, 11) is 0. The Kier molecular flexibility index (Phi) is 6.05. The zero-order valence-electron chi connectivity index (χ0n) is 12.1. The SMILES string of the molecule is CCC(=O)Nc1sc(C)cc1C(=O)NC(CC(N)=O)C(=O)O. The van der Waals surface area contributed by atoms with Gasteiger partial charge in [-0.15, -0.1) is 11.3 Å². The maximum atomic E-state index is 12.2. The minimum absolute atomic E-state index is 0.153. The van der Waals surface area contributed by atoms with Gasteiger partial charge in [-0.2, -0.15) is 0 Å². The van der Waals surface area contributed by atoms with Crippen molar-refractivity contribution in [2.45, 2.75) is 32.7 Å². The number of carboxylic acid groups (broad SMARTS) is 1. The molecule has 1 heterocycles. The molecule has 0 radical (unpaired) electrons. The molecule has 1 rings (SSSR count). The maximum Gasteiger partial charge on any atom is 0.326 e. The Hall–Kier alpha value is -2.42. The molecule has 5 N–H and O–H groups in total. The van der Waals surface area contributed by atoms with E-state index in [9.17, 15) is 19.2 Å². The molecule has 0 aliphatic heterocycles. The van der Waals surface area contributed by atoms with Gasteiger partial charge in [0.25, 0.3) is 5.91 Å². The van der Waals surface area contributed by atoms with Crippen molar-refractivity contribution in [3.05, 3.63) is 16.5 Å². The first-order chi connectivity index (χ1) is 10.2. The number of hydrogen-bond acceptors (Lipinski definition) is 5. The number of carbonyl (C=O) groups is 4. The van der Waals surface area contributed by atoms with Gasteiger partial charge in [0.05, 0.1) is 12.0 Å². The summed E-state index contributed by atoms with van der Waals surface area (Å²) in [6, 6.07) is 0.119. The monoisotopic (exact) mass is 327 g/mol. The van der Waals surface area contributed by atoms with Gasteiger partial charge < -0.3 is 21.5 Å². The van der Waals surface area contributed by atoms with Crippen molar-refractivity contribution in [1.82, 2.24) is 5.32 Å². The maximum absolute atomic E-state index is 12.2. The predicted molar refractivity (Wildman–Crippen MR) is 80.7 cm³/mol. The van der Waals surface area contributed by atoms with Crippen LogP contribution in [0.25, 0.3) is 0 Å². The highest BCUT2D eigenvalue weighted by Crippen LogP contribution is 2.27. The fourth-order valence-corrected chi connectivity index (χ4v) is 2.55. The Morgan fingerprint density at radius 2 is 2.00 bits per heavy atom. The number of carbonyl (C=O) groups excluding carboxylic acids is 3. The topological polar surface area (TPSA) is 139 Å². The van der Waals surface area contributed by atoms with Gasteiger partial charge in [-0.05, 0) is 13.0 Å². The quantitative estimate of drug-likeness (QED) is 0.576. The third-order valence-corrected chi connectivity index (χ3v) is 3.65. The largest absolute Gasteiger partial charge is 0.480 e. The molecule has 8 nitrogen and oxygen atoms in total. The summed E-state index contributed by atoms with van der Waals surface area (Å²) >= 11 is 1.20. The Bertz CT molecular complexity index is 611. The summed E-state index contributed by atoms with van der Waals surface area (Å²) in [6.07, 6.45) is -0.266. The van der Waals surface area contributed by atoms with Gasteiger partial charge in [0.1, 0.15) is 11.0 Å². The zero-order valence-corrected chi connectivity index (χ0v) is 13.0. The van der Waals surface area contributed by atoms with Crippen molar-refractivity contribution in [2.24, 2.45) is 5.73 Å². The highest BCUT2D eigenvalue weighted by atomic mass is 32.1. The molecule has 1 unspecified atom stereocenters. The first kappa shape index (κ1) is 17.6. The number of amides is 3. The first-order valence-electron chi connectivity index (χ1n) is 6.46. The number of nitrogens with two attached hydrogens (primary N) is 1. The Balaban J connectivity index is 2.94. The second kappa shape index (κ2) is 7.55. The van der Waals surface area contributed by atoms with E-state index in [1.54, 1.807) is 13.8 Å². The van der Waals surface area contributed by atoms with E-state index in [0.717, 1.165) is 4.88 Å². The van der Waals surface area contributed by atoms with Crippen molar-refractivity contribution in [1.29, 1.82) is 0 Å². The molecule has 0 aliphatic carbocycles. The number of rotatable bonds is 7. The van der Waals surface area contributed by atoms with E-state index in [2.05, 4.69) is 10.6 Å². The summed E-state index contributed by atoms with van der Waals surface area (Å²) in [6.45, 7) is 3.42. The summed E-state index contributed by atoms with van der Waals surface area (Å²) in [5.74, 6) is -3.15. The number of nitrogens with one attached hydrogen (secondary N) is 2. The molecule has 120 valence electrons. The van der Waals surface area contributed by atoms with Crippen LogP contribution in [0.5, 0.6) is 0 Å². The van der Waals surface area contributed by atoms with Crippen LogP contribution in [0.4, 0.5) is 5.00 Å². The number of anilines is 1. The number of carboxylic acids is 1. The second-order valence-electron chi connectivity index (χ2n) is 4.54. The third kappa shape index (κ3) is 4.85. The minimum Gasteiger partial charge on any atom is -0.480 e. The van der Waals surface area contributed by atoms with Gasteiger partial charge in [0, 0.05) is 11.3 Å². The molecule has 3 amide bonds. The van der Waals surface area contributed by atoms with Crippen molar-refractivity contribution in [3.8, 4) is 0 Å². The summed E-state index contributed by atoms with van der Waals surface area (Å²) < 4.78 is 0. The molecular weight excluding hydrogens is 310 g/mol. The Morgan fingerprint density at radius 3 is 2.50 bits per heavy atom. The lowest BCUT2D eigenvalue weighted by atomic mass is 10.1. The summed E-state index contributed by atoms with van der Waals surface area (Å²) in [5.41, 5.74) is 5.11. The molecule has 0 bridgehead atoms. The van der Waals surface area contributed by atoms with E-state index in [-0.39, 0.29) is 17.9 Å². The molecule has 0 aromatic carbocycles. The van der Waals surface area contributed by atoms with Crippen LogP contribution in [0.1, 0.15) is 35.0 Å². The van der Waals surface area contributed by atoms with Gasteiger partial charge in [0.15, 0.2) is 0 Å². The predicted octanol–water partition coefficient (Wildman–Crippen LogP) is 0.463. The van der Waals surface area contributed by atoms with Crippen LogP contribution in [0.15, 0.2) is 6.07 Å². The van der Waals surface area contributed by atoms with E-state index in [1.165, 1.54) is 17.4 Å². The van der Waals surface area contributed by atoms with Gasteiger partial charge >= 0.3 is 5.97 Å². The molecule has 0 aliphatic rings. The summed E-state index contributed by atoms with van der Waals surface area (Å²) in [4.78, 5) is 46.3. The van der Waals surface area contributed by atoms with Crippen LogP contribution < -0.4 is 16.4 Å².